The number of rotatable bonds is 50. The van der Waals surface area contributed by atoms with Crippen LogP contribution in [0.3, 0.4) is 0 Å². The Bertz CT molecular complexity index is 2470. The van der Waals surface area contributed by atoms with Gasteiger partial charge in [-0.15, -0.1) is 0 Å². The zero-order chi connectivity index (χ0) is 70.7. The van der Waals surface area contributed by atoms with E-state index in [1.807, 2.05) is 0 Å². The maximum absolute atomic E-state index is 14.8. The fraction of sp³-hybridized carbons (Fsp3) is 0.750. The molecular weight excluding hydrogens is 1200 g/mol. The number of carbonyl (C=O) groups excluding carboxylic acids is 14. The van der Waals surface area contributed by atoms with Crippen LogP contribution in [-0.4, -0.2) is 218 Å². The predicted octanol–water partition coefficient (Wildman–Crippen LogP) is -11.4. The van der Waals surface area contributed by atoms with Gasteiger partial charge in [0.2, 0.25) is 41.4 Å². The lowest BCUT2D eigenvalue weighted by molar-refractivity contribution is -0.134. The first-order valence-electron chi connectivity index (χ1n) is 30.8. The molecule has 0 rings (SSSR count). The van der Waals surface area contributed by atoms with Crippen LogP contribution in [0.2, 0.25) is 0 Å². The fourth-order valence-electron chi connectivity index (χ4n) is 8.72. The molecule has 0 aromatic heterocycles. The van der Waals surface area contributed by atoms with Gasteiger partial charge < -0.3 is 123 Å². The van der Waals surface area contributed by atoms with E-state index in [9.17, 15) is 67.1 Å². The summed E-state index contributed by atoms with van der Waals surface area (Å²) in [5, 5.41) is 17.7. The van der Waals surface area contributed by atoms with Crippen molar-refractivity contribution < 1.29 is 67.1 Å². The molecule has 36 heteroatoms. The van der Waals surface area contributed by atoms with Gasteiger partial charge in [-0.1, -0.05) is 27.7 Å². The summed E-state index contributed by atoms with van der Waals surface area (Å²) in [5.41, 5.74) is 85.0. The molecule has 0 spiro atoms. The van der Waals surface area contributed by atoms with Crippen LogP contribution in [0.1, 0.15) is 124 Å². The molecule has 0 aromatic rings. The van der Waals surface area contributed by atoms with Crippen molar-refractivity contribution in [1.82, 2.24) is 37.2 Å². The van der Waals surface area contributed by atoms with Crippen molar-refractivity contribution in [2.24, 2.45) is 91.4 Å². The van der Waals surface area contributed by atoms with Crippen molar-refractivity contribution in [2.45, 2.75) is 215 Å². The third-order valence-corrected chi connectivity index (χ3v) is 15.4. The molecule has 526 valence electrons. The molecule has 36 nitrogen and oxygen atoms in total. The molecule has 0 heterocycles. The van der Waals surface area contributed by atoms with Gasteiger partial charge >= 0.3 is 0 Å². The van der Waals surface area contributed by atoms with Crippen LogP contribution >= 0.6 is 0 Å². The normalized spacial score (nSPS) is 16.5. The minimum atomic E-state index is -1.71. The number of Topliss-reactive ketones (excluding diaryl/α,β-unsaturated/α-hetero) is 7. The second kappa shape index (κ2) is 44.1. The average molecular weight is 1310 g/mol. The quantitative estimate of drug-likeness (QED) is 0.0269. The fourth-order valence-corrected chi connectivity index (χ4v) is 8.72. The zero-order valence-electron chi connectivity index (χ0n) is 53.6. The molecule has 15 unspecified atom stereocenters. The van der Waals surface area contributed by atoms with Crippen LogP contribution < -0.4 is 123 Å². The van der Waals surface area contributed by atoms with E-state index in [-0.39, 0.29) is 90.8 Å². The Balaban J connectivity index is 7.83. The number of amides is 7. The minimum absolute atomic E-state index is 0.229. The molecule has 7 amide bonds. The Labute approximate surface area is 536 Å². The molecule has 92 heavy (non-hydrogen) atoms. The summed E-state index contributed by atoms with van der Waals surface area (Å²) in [7, 11) is 0. The van der Waals surface area contributed by atoms with Crippen molar-refractivity contribution >= 4 is 81.8 Å². The van der Waals surface area contributed by atoms with E-state index in [1.54, 1.807) is 27.7 Å². The summed E-state index contributed by atoms with van der Waals surface area (Å²) < 4.78 is 0. The third kappa shape index (κ3) is 31.3. The maximum Gasteiger partial charge on any atom is 0.243 e. The highest BCUT2D eigenvalue weighted by atomic mass is 16.2. The van der Waals surface area contributed by atoms with Crippen LogP contribution in [0.4, 0.5) is 0 Å². The Morgan fingerprint density at radius 2 is 0.457 bits per heavy atom. The maximum atomic E-state index is 14.8. The first-order chi connectivity index (χ1) is 43.0. The van der Waals surface area contributed by atoms with Crippen LogP contribution in [0, 0.1) is 5.41 Å². The summed E-state index contributed by atoms with van der Waals surface area (Å²) in [6.45, 7) is 4.56. The van der Waals surface area contributed by atoms with Crippen molar-refractivity contribution in [1.29, 1.82) is 0 Å². The van der Waals surface area contributed by atoms with Crippen LogP contribution in [0.25, 0.3) is 0 Å². The standard InChI is InChI=1S/C56H108N22O14/c1-5-27(64)41(79)12-6-35(72-49(86)31(68)23-60)45(83)16-8-37(74-53(90)38(75-51(88)33(70)25-62)9-14-43(81)29(66)21-58)47(85)18-19-48(56(2,3)4)78-55(92)40(77-54(91)39(76-52(89)34(71)26-63)10-15-44(82)30(67)22-59)11-17-46(84)36(73-50(87)32(69)24-61)7-13-42(80)28(65)20-57/h27-40,48H,5-26,57-71H2,1-4H3,(H,72,86)(H,73,87)(H,74,90)(H,75,88)(H,76,89)(H,77,91)(H,78,92). The van der Waals surface area contributed by atoms with Crippen molar-refractivity contribution in [3.8, 4) is 0 Å². The van der Waals surface area contributed by atoms with Crippen molar-refractivity contribution in [3.05, 3.63) is 0 Å². The Kier molecular flexibility index (Phi) is 40.9. The van der Waals surface area contributed by atoms with E-state index in [4.69, 9.17) is 86.0 Å². The summed E-state index contributed by atoms with van der Waals surface area (Å²) in [5.74, 6) is -11.0. The van der Waals surface area contributed by atoms with Gasteiger partial charge in [0.1, 0.15) is 23.9 Å². The Hall–Kier alpha value is -6.62. The van der Waals surface area contributed by atoms with Gasteiger partial charge in [-0.25, -0.2) is 0 Å². The van der Waals surface area contributed by atoms with Crippen molar-refractivity contribution in [2.75, 3.05) is 45.8 Å². The van der Waals surface area contributed by atoms with Gasteiger partial charge in [-0.05, 0) is 56.8 Å². The van der Waals surface area contributed by atoms with Gasteiger partial charge in [0.05, 0.1) is 66.5 Å². The second-order valence-electron chi connectivity index (χ2n) is 23.7. The van der Waals surface area contributed by atoms with E-state index in [2.05, 4.69) is 37.2 Å². The molecular formula is C56H108N22O14. The predicted molar refractivity (Wildman–Crippen MR) is 340 cm³/mol. The largest absolute Gasteiger partial charge is 0.351 e. The highest BCUT2D eigenvalue weighted by Crippen LogP contribution is 2.25. The van der Waals surface area contributed by atoms with E-state index < -0.39 is 229 Å². The molecule has 0 saturated carbocycles. The lowest BCUT2D eigenvalue weighted by Crippen LogP contribution is -2.58. The first-order valence-corrected chi connectivity index (χ1v) is 30.8. The summed E-state index contributed by atoms with van der Waals surface area (Å²) in [4.78, 5) is 190. The molecule has 0 saturated heterocycles. The Morgan fingerprint density at radius 1 is 0.261 bits per heavy atom. The lowest BCUT2D eigenvalue weighted by atomic mass is 9.82. The van der Waals surface area contributed by atoms with Crippen molar-refractivity contribution in [3.63, 3.8) is 0 Å². The van der Waals surface area contributed by atoms with Crippen LogP contribution in [0.5, 0.6) is 0 Å². The molecule has 0 aliphatic heterocycles. The average Bonchev–Trinajstić information content (AvgIpc) is 1.01. The molecule has 0 radical (unpaired) electrons. The van der Waals surface area contributed by atoms with Crippen LogP contribution in [-0.2, 0) is 67.1 Å². The lowest BCUT2D eigenvalue weighted by Gasteiger charge is -2.34. The van der Waals surface area contributed by atoms with Gasteiger partial charge in [-0.2, -0.15) is 0 Å². The van der Waals surface area contributed by atoms with Gasteiger partial charge in [0.15, 0.2) is 34.7 Å². The van der Waals surface area contributed by atoms with E-state index in [0.29, 0.717) is 0 Å². The number of hydrogen-bond acceptors (Lipinski definition) is 29. The molecule has 0 bridgehead atoms. The Morgan fingerprint density at radius 3 is 0.707 bits per heavy atom. The van der Waals surface area contributed by atoms with Crippen LogP contribution in [0.15, 0.2) is 0 Å². The number of ketones is 7. The highest BCUT2D eigenvalue weighted by Gasteiger charge is 2.37. The topological polar surface area (TPSA) is 713 Å². The molecule has 0 aliphatic carbocycles. The number of nitrogens with two attached hydrogens (primary N) is 15. The monoisotopic (exact) mass is 1310 g/mol. The minimum Gasteiger partial charge on any atom is -0.351 e. The molecule has 0 fully saturated rings. The first kappa shape index (κ1) is 85.4. The third-order valence-electron chi connectivity index (χ3n) is 15.4. The molecule has 0 aliphatic rings. The highest BCUT2D eigenvalue weighted by molar-refractivity contribution is 5.98. The smallest absolute Gasteiger partial charge is 0.243 e. The molecule has 37 N–H and O–H groups in total. The summed E-state index contributed by atoms with van der Waals surface area (Å²) in [6.07, 6.45) is -5.42. The second-order valence-corrected chi connectivity index (χ2v) is 23.7. The molecule has 15 atom stereocenters. The summed E-state index contributed by atoms with van der Waals surface area (Å²) >= 11 is 0. The van der Waals surface area contributed by atoms with E-state index in [1.165, 1.54) is 0 Å². The number of nitrogens with one attached hydrogen (secondary N) is 7. The SMILES string of the molecule is CCC(N)C(=O)CCC(NC(=O)C(N)CN)C(=O)CCC(NC(=O)C(CCC(=O)C(N)CN)NC(=O)C(N)CN)C(=O)CCC(NC(=O)C(CCC(=O)C(CCC(=O)C(N)CN)NC(=O)C(N)CN)NC(=O)C(CCC(=O)C(N)CN)NC(=O)C(N)CN)C(C)(C)C. The summed E-state index contributed by atoms with van der Waals surface area (Å²) in [6, 6.07) is -19.8. The number of carbonyl (C=O) groups is 14. The van der Waals surface area contributed by atoms with Gasteiger partial charge in [0.25, 0.3) is 0 Å². The van der Waals surface area contributed by atoms with Gasteiger partial charge in [0, 0.05) is 96.8 Å². The van der Waals surface area contributed by atoms with E-state index in [0.717, 1.165) is 0 Å². The zero-order valence-corrected chi connectivity index (χ0v) is 53.6. The molecule has 0 aromatic carbocycles. The van der Waals surface area contributed by atoms with E-state index >= 15 is 0 Å². The van der Waals surface area contributed by atoms with Gasteiger partial charge in [-0.3, -0.25) is 67.1 Å². The number of hydrogen-bond donors (Lipinski definition) is 22.